The molecule has 0 saturated heterocycles. The second kappa shape index (κ2) is 3.51. The number of alkyl halides is 7. The third-order valence-electron chi connectivity index (χ3n) is 0.831. The normalized spacial score (nSPS) is 17.4. The van der Waals surface area contributed by atoms with Gasteiger partial charge in [0.05, 0.1) is 6.08 Å². The molecule has 0 spiro atoms. The highest BCUT2D eigenvalue weighted by atomic mass is 19.4. The molecule has 0 rings (SSSR count). The molecule has 0 aromatic rings. The molecule has 0 aliphatic carbocycles. The molecule has 1 atom stereocenters. The van der Waals surface area contributed by atoms with Crippen molar-refractivity contribution in [1.29, 1.82) is 0 Å². The minimum Gasteiger partial charge on any atom is -0.230 e. The summed E-state index contributed by atoms with van der Waals surface area (Å²) in [6, 6.07) is 0. The van der Waals surface area contributed by atoms with Crippen LogP contribution in [0.3, 0.4) is 0 Å². The molecule has 0 aliphatic heterocycles. The topological polar surface area (TPSA) is 0 Å². The van der Waals surface area contributed by atoms with Gasteiger partial charge in [-0.2, -0.15) is 26.3 Å². The number of rotatable bonds is 1. The number of hydrogen-bond donors (Lipinski definition) is 0. The van der Waals surface area contributed by atoms with Crippen molar-refractivity contribution in [3.05, 3.63) is 11.9 Å². The molecule has 0 saturated carbocycles. The van der Waals surface area contributed by atoms with Crippen LogP contribution in [0.5, 0.6) is 0 Å². The van der Waals surface area contributed by atoms with Crippen molar-refractivity contribution in [3.8, 4) is 0 Å². The predicted octanol–water partition coefficient (Wildman–Crippen LogP) is 3.30. The maximum absolute atomic E-state index is 11.8. The predicted molar refractivity (Wildman–Crippen MR) is 26.2 cm³/mol. The van der Waals surface area contributed by atoms with E-state index in [-0.39, 0.29) is 0 Å². The zero-order valence-corrected chi connectivity index (χ0v) is 5.68. The summed E-state index contributed by atoms with van der Waals surface area (Å²) in [5.41, 5.74) is 0. The molecule has 0 heterocycles. The van der Waals surface area contributed by atoms with Crippen molar-refractivity contribution in [2.75, 3.05) is 0 Å². The molecule has 0 amide bonds. The van der Waals surface area contributed by atoms with Gasteiger partial charge in [0.15, 0.2) is 0 Å². The van der Waals surface area contributed by atoms with E-state index in [9.17, 15) is 35.1 Å². The van der Waals surface area contributed by atoms with Gasteiger partial charge in [-0.05, 0) is 0 Å². The molecule has 78 valence electrons. The number of hydrogen-bond acceptors (Lipinski definition) is 0. The average molecular weight is 214 g/mol. The third-order valence-corrected chi connectivity index (χ3v) is 0.831. The Morgan fingerprint density at radius 2 is 1.38 bits per heavy atom. The molecule has 0 N–H and O–H groups in total. The van der Waals surface area contributed by atoms with Crippen molar-refractivity contribution in [1.82, 2.24) is 0 Å². The Morgan fingerprint density at radius 1 is 1.00 bits per heavy atom. The van der Waals surface area contributed by atoms with Crippen LogP contribution in [-0.2, 0) is 0 Å². The molecule has 0 bridgehead atoms. The van der Waals surface area contributed by atoms with Crippen LogP contribution in [0.2, 0.25) is 0 Å². The van der Waals surface area contributed by atoms with Gasteiger partial charge < -0.3 is 0 Å². The van der Waals surface area contributed by atoms with Crippen LogP contribution in [0.25, 0.3) is 0 Å². The second-order valence-corrected chi connectivity index (χ2v) is 1.98. The van der Waals surface area contributed by atoms with Gasteiger partial charge in [-0.1, -0.05) is 0 Å². The van der Waals surface area contributed by atoms with Crippen LogP contribution in [-0.4, -0.2) is 18.5 Å². The molecule has 0 nitrogen and oxygen atoms in total. The smallest absolute Gasteiger partial charge is 0.230 e. The molecule has 0 aromatic carbocycles. The van der Waals surface area contributed by atoms with E-state index in [2.05, 4.69) is 0 Å². The van der Waals surface area contributed by atoms with Crippen molar-refractivity contribution in [2.45, 2.75) is 18.5 Å². The fourth-order valence-corrected chi connectivity index (χ4v) is 0.386. The fourth-order valence-electron chi connectivity index (χ4n) is 0.386. The number of allylic oxidation sites excluding steroid dienone is 2. The maximum Gasteiger partial charge on any atom is 0.426 e. The highest BCUT2D eigenvalue weighted by molar-refractivity contribution is 5.05. The Morgan fingerprint density at radius 3 is 1.62 bits per heavy atom. The van der Waals surface area contributed by atoms with Crippen molar-refractivity contribution in [3.63, 3.8) is 0 Å². The van der Waals surface area contributed by atoms with Crippen LogP contribution in [0.4, 0.5) is 35.1 Å². The lowest BCUT2D eigenvalue weighted by molar-refractivity contribution is -0.174. The largest absolute Gasteiger partial charge is 0.426 e. The number of halogens is 8. The average Bonchev–Trinajstić information content (AvgIpc) is 1.79. The summed E-state index contributed by atoms with van der Waals surface area (Å²) in [4.78, 5) is 0. The fraction of sp³-hybridized carbons (Fsp3) is 0.600. The van der Waals surface area contributed by atoms with Gasteiger partial charge in [0.25, 0.3) is 0 Å². The first-order valence-corrected chi connectivity index (χ1v) is 2.70. The van der Waals surface area contributed by atoms with Gasteiger partial charge in [-0.3, -0.25) is 0 Å². The maximum atomic E-state index is 11.8. The minimum absolute atomic E-state index is 1.37. The SMILES string of the molecule is F/C(=C\C(F)(F)F)C(F)C(F)(F)F. The minimum atomic E-state index is -5.66. The van der Waals surface area contributed by atoms with Crippen molar-refractivity contribution < 1.29 is 35.1 Å². The third kappa shape index (κ3) is 4.69. The molecule has 13 heavy (non-hydrogen) atoms. The molecule has 0 radical (unpaired) electrons. The van der Waals surface area contributed by atoms with Crippen LogP contribution < -0.4 is 0 Å². The Balaban J connectivity index is 4.62. The summed E-state index contributed by atoms with van der Waals surface area (Å²) in [6.45, 7) is 0. The Labute approximate surface area is 66.8 Å². The Hall–Kier alpha value is -0.820. The zero-order chi connectivity index (χ0) is 10.9. The van der Waals surface area contributed by atoms with E-state index in [1.807, 2.05) is 0 Å². The van der Waals surface area contributed by atoms with Crippen LogP contribution in [0.15, 0.2) is 11.9 Å². The molecule has 1 unspecified atom stereocenters. The van der Waals surface area contributed by atoms with Crippen LogP contribution in [0, 0.1) is 0 Å². The van der Waals surface area contributed by atoms with Gasteiger partial charge in [-0.15, -0.1) is 0 Å². The Kier molecular flexibility index (Phi) is 3.28. The van der Waals surface area contributed by atoms with E-state index in [1.165, 1.54) is 0 Å². The molecule has 0 fully saturated rings. The first kappa shape index (κ1) is 12.2. The standard InChI is InChI=1S/C5H2F8/c6-2(1-4(8,9)10)3(7)5(11,12)13/h1,3H/b2-1-. The van der Waals surface area contributed by atoms with Gasteiger partial charge in [0, 0.05) is 0 Å². The first-order chi connectivity index (χ1) is 5.54. The van der Waals surface area contributed by atoms with E-state index < -0.39 is 30.4 Å². The monoisotopic (exact) mass is 214 g/mol. The second-order valence-electron chi connectivity index (χ2n) is 1.98. The highest BCUT2D eigenvalue weighted by Crippen LogP contribution is 2.31. The summed E-state index contributed by atoms with van der Waals surface area (Å²) in [5.74, 6) is -2.90. The summed E-state index contributed by atoms with van der Waals surface area (Å²) in [5, 5.41) is 0. The van der Waals surface area contributed by atoms with E-state index in [0.717, 1.165) is 0 Å². The van der Waals surface area contributed by atoms with E-state index in [0.29, 0.717) is 0 Å². The molecule has 0 aliphatic rings. The van der Waals surface area contributed by atoms with E-state index >= 15 is 0 Å². The lowest BCUT2D eigenvalue weighted by Crippen LogP contribution is -2.25. The van der Waals surface area contributed by atoms with E-state index in [4.69, 9.17) is 0 Å². The van der Waals surface area contributed by atoms with Gasteiger partial charge in [0.1, 0.15) is 5.83 Å². The quantitative estimate of drug-likeness (QED) is 0.587. The summed E-state index contributed by atoms with van der Waals surface area (Å²) in [7, 11) is 0. The van der Waals surface area contributed by atoms with Crippen LogP contribution in [0.1, 0.15) is 0 Å². The molecule has 0 aromatic heterocycles. The van der Waals surface area contributed by atoms with E-state index in [1.54, 1.807) is 0 Å². The Bertz CT molecular complexity index is 196. The van der Waals surface area contributed by atoms with Gasteiger partial charge in [0.2, 0.25) is 6.17 Å². The van der Waals surface area contributed by atoms with Gasteiger partial charge >= 0.3 is 12.4 Å². The van der Waals surface area contributed by atoms with Gasteiger partial charge in [-0.25, -0.2) is 8.78 Å². The first-order valence-electron chi connectivity index (χ1n) is 2.70. The zero-order valence-electron chi connectivity index (χ0n) is 5.68. The lowest BCUT2D eigenvalue weighted by atomic mass is 10.3. The van der Waals surface area contributed by atoms with Crippen molar-refractivity contribution >= 4 is 0 Å². The summed E-state index contributed by atoms with van der Waals surface area (Å²) < 4.78 is 91.0. The summed E-state index contributed by atoms with van der Waals surface area (Å²) >= 11 is 0. The molecular formula is C5H2F8. The summed E-state index contributed by atoms with van der Waals surface area (Å²) in [6.07, 6.45) is -16.6. The lowest BCUT2D eigenvalue weighted by Gasteiger charge is -2.10. The van der Waals surface area contributed by atoms with Crippen molar-refractivity contribution in [2.24, 2.45) is 0 Å². The molecule has 8 heteroatoms. The highest BCUT2D eigenvalue weighted by Gasteiger charge is 2.45. The van der Waals surface area contributed by atoms with Crippen LogP contribution >= 0.6 is 0 Å². The molecular weight excluding hydrogens is 212 g/mol.